The number of anilines is 1. The fourth-order valence-electron chi connectivity index (χ4n) is 3.37. The fourth-order valence-corrected chi connectivity index (χ4v) is 3.37. The molecule has 0 saturated heterocycles. The van der Waals surface area contributed by atoms with Crippen molar-refractivity contribution >= 4 is 34.7 Å². The number of halogens is 2. The molecule has 0 saturated carbocycles. The summed E-state index contributed by atoms with van der Waals surface area (Å²) in [5, 5.41) is 2.52. The number of aliphatic imine (C=N–C) groups is 1. The number of nitrogens with two attached hydrogens (primary N) is 1. The number of imidazole rings is 1. The van der Waals surface area contributed by atoms with Crippen molar-refractivity contribution in [3.63, 3.8) is 0 Å². The predicted octanol–water partition coefficient (Wildman–Crippen LogP) is 4.12. The molecule has 4 aromatic rings. The Balaban J connectivity index is 1.83. The third-order valence-electron chi connectivity index (χ3n) is 4.89. The highest BCUT2D eigenvalue weighted by Crippen LogP contribution is 2.33. The van der Waals surface area contributed by atoms with E-state index in [1.165, 1.54) is 37.1 Å². The van der Waals surface area contributed by atoms with Crippen molar-refractivity contribution in [2.24, 2.45) is 10.7 Å². The number of aromatic nitrogens is 4. The lowest BCUT2D eigenvalue weighted by Crippen LogP contribution is -2.14. The lowest BCUT2D eigenvalue weighted by Gasteiger charge is -2.14. The van der Waals surface area contributed by atoms with Gasteiger partial charge in [-0.1, -0.05) is 23.8 Å². The first kappa shape index (κ1) is 22.5. The lowest BCUT2D eigenvalue weighted by atomic mass is 9.99. The number of nitrogens with zero attached hydrogens (tertiary/aromatic N) is 4. The van der Waals surface area contributed by atoms with Crippen LogP contribution < -0.4 is 11.1 Å². The number of benzene rings is 2. The van der Waals surface area contributed by atoms with Crippen LogP contribution in [-0.4, -0.2) is 32.2 Å². The standard InChI is InChI=1S/C24H19F2N7O/c1-14-4-2-5-15(10-14)24(34)33-18-8-7-17(25)19(20(18)26)16(6-3-9-28-11-27)21-22-23(31-12-29-21)32-13-30-22/h2-13H,1H3,(H2,27,28)(H,33,34)(H,29,30,31,32)/b9-3-,16-6+. The SMILES string of the molecule is Cc1cccc(C(=O)Nc2ccc(F)c(/C(=C\C=C/N=CN)c3ncnc4nc[nH]c34)c2F)c1. The van der Waals surface area contributed by atoms with E-state index in [0.29, 0.717) is 16.7 Å². The molecule has 0 radical (unpaired) electrons. The van der Waals surface area contributed by atoms with E-state index >= 15 is 8.78 Å². The zero-order valence-electron chi connectivity index (χ0n) is 18.0. The summed E-state index contributed by atoms with van der Waals surface area (Å²) in [4.78, 5) is 31.7. The normalized spacial score (nSPS) is 12.1. The summed E-state index contributed by atoms with van der Waals surface area (Å²) in [6.07, 6.45) is 7.96. The molecular weight excluding hydrogens is 440 g/mol. The van der Waals surface area contributed by atoms with E-state index in [4.69, 9.17) is 5.73 Å². The van der Waals surface area contributed by atoms with Crippen LogP contribution in [-0.2, 0) is 0 Å². The quantitative estimate of drug-likeness (QED) is 0.227. The molecule has 0 aliphatic heterocycles. The van der Waals surface area contributed by atoms with E-state index < -0.39 is 23.1 Å². The van der Waals surface area contributed by atoms with Crippen LogP contribution in [0.15, 0.2) is 72.4 Å². The summed E-state index contributed by atoms with van der Waals surface area (Å²) in [7, 11) is 0. The Hall–Kier alpha value is -4.73. The Morgan fingerprint density at radius 1 is 1.18 bits per heavy atom. The van der Waals surface area contributed by atoms with Crippen LogP contribution in [0, 0.1) is 18.6 Å². The molecule has 170 valence electrons. The minimum Gasteiger partial charge on any atom is -0.390 e. The number of allylic oxidation sites excluding steroid dienone is 2. The molecule has 10 heteroatoms. The van der Waals surface area contributed by atoms with Gasteiger partial charge >= 0.3 is 0 Å². The number of fused-ring (bicyclic) bond motifs is 1. The number of rotatable bonds is 6. The topological polar surface area (TPSA) is 122 Å². The van der Waals surface area contributed by atoms with Gasteiger partial charge in [0.25, 0.3) is 5.91 Å². The second kappa shape index (κ2) is 9.82. The van der Waals surface area contributed by atoms with Gasteiger partial charge in [-0.15, -0.1) is 0 Å². The summed E-state index contributed by atoms with van der Waals surface area (Å²) in [6.45, 7) is 1.84. The summed E-state index contributed by atoms with van der Waals surface area (Å²) < 4.78 is 30.7. The molecule has 0 aliphatic rings. The van der Waals surface area contributed by atoms with E-state index in [1.54, 1.807) is 18.2 Å². The van der Waals surface area contributed by atoms with Crippen LogP contribution in [0.25, 0.3) is 16.7 Å². The number of hydrogen-bond acceptors (Lipinski definition) is 5. The Morgan fingerprint density at radius 2 is 2.03 bits per heavy atom. The second-order valence-electron chi connectivity index (χ2n) is 7.15. The Bertz CT molecular complexity index is 1460. The van der Waals surface area contributed by atoms with E-state index in [1.807, 2.05) is 13.0 Å². The molecule has 2 heterocycles. The van der Waals surface area contributed by atoms with Gasteiger partial charge in [0.05, 0.1) is 23.9 Å². The Morgan fingerprint density at radius 3 is 2.82 bits per heavy atom. The van der Waals surface area contributed by atoms with Crippen LogP contribution in [0.2, 0.25) is 0 Å². The number of nitrogens with one attached hydrogen (secondary N) is 2. The number of hydrogen-bond donors (Lipinski definition) is 3. The summed E-state index contributed by atoms with van der Waals surface area (Å²) in [6, 6.07) is 9.07. The summed E-state index contributed by atoms with van der Waals surface area (Å²) >= 11 is 0. The first-order valence-electron chi connectivity index (χ1n) is 10.1. The molecule has 8 nitrogen and oxygen atoms in total. The summed E-state index contributed by atoms with van der Waals surface area (Å²) in [5.41, 5.74) is 6.89. The van der Waals surface area contributed by atoms with Crippen LogP contribution in [0.3, 0.4) is 0 Å². The summed E-state index contributed by atoms with van der Waals surface area (Å²) in [5.74, 6) is -2.34. The van der Waals surface area contributed by atoms with Crippen LogP contribution in [0.5, 0.6) is 0 Å². The highest BCUT2D eigenvalue weighted by atomic mass is 19.1. The van der Waals surface area contributed by atoms with Crippen molar-refractivity contribution in [1.82, 2.24) is 19.9 Å². The largest absolute Gasteiger partial charge is 0.390 e. The molecule has 4 N–H and O–H groups in total. The highest BCUT2D eigenvalue weighted by Gasteiger charge is 2.23. The van der Waals surface area contributed by atoms with Crippen molar-refractivity contribution in [3.8, 4) is 0 Å². The van der Waals surface area contributed by atoms with Crippen molar-refractivity contribution in [3.05, 3.63) is 101 Å². The van der Waals surface area contributed by atoms with Gasteiger partial charge in [0, 0.05) is 17.3 Å². The highest BCUT2D eigenvalue weighted by molar-refractivity contribution is 6.05. The van der Waals surface area contributed by atoms with Gasteiger partial charge in [-0.3, -0.25) is 4.79 Å². The second-order valence-corrected chi connectivity index (χ2v) is 7.15. The van der Waals surface area contributed by atoms with E-state index in [-0.39, 0.29) is 17.0 Å². The van der Waals surface area contributed by atoms with Crippen LogP contribution in [0.4, 0.5) is 14.5 Å². The number of aryl methyl sites for hydroxylation is 1. The van der Waals surface area contributed by atoms with Gasteiger partial charge in [-0.25, -0.2) is 28.7 Å². The third kappa shape index (κ3) is 4.56. The van der Waals surface area contributed by atoms with Gasteiger partial charge in [-0.2, -0.15) is 0 Å². The molecule has 2 aromatic heterocycles. The molecule has 0 fully saturated rings. The maximum absolute atomic E-state index is 15.7. The molecule has 0 atom stereocenters. The number of H-pyrrole nitrogens is 1. The maximum atomic E-state index is 15.7. The molecule has 0 bridgehead atoms. The number of amides is 1. The van der Waals surface area contributed by atoms with E-state index in [9.17, 15) is 4.79 Å². The van der Waals surface area contributed by atoms with Gasteiger partial charge in [0.2, 0.25) is 0 Å². The number of carbonyl (C=O) groups excluding carboxylic acids is 1. The van der Waals surface area contributed by atoms with Crippen LogP contribution >= 0.6 is 0 Å². The minimum atomic E-state index is -0.964. The zero-order chi connectivity index (χ0) is 24.1. The Labute approximate surface area is 193 Å². The average Bonchev–Trinajstić information content (AvgIpc) is 3.31. The van der Waals surface area contributed by atoms with Crippen LogP contribution in [0.1, 0.15) is 27.2 Å². The first-order valence-corrected chi connectivity index (χ1v) is 10.1. The predicted molar refractivity (Wildman–Crippen MR) is 126 cm³/mol. The first-order chi connectivity index (χ1) is 16.5. The molecular formula is C24H19F2N7O. The molecule has 34 heavy (non-hydrogen) atoms. The number of carbonyl (C=O) groups is 1. The van der Waals surface area contributed by atoms with Crippen molar-refractivity contribution in [2.45, 2.75) is 6.92 Å². The smallest absolute Gasteiger partial charge is 0.255 e. The molecule has 0 unspecified atom stereocenters. The lowest BCUT2D eigenvalue weighted by molar-refractivity contribution is 0.102. The molecule has 2 aromatic carbocycles. The molecule has 0 spiro atoms. The van der Waals surface area contributed by atoms with Gasteiger partial charge in [0.1, 0.15) is 23.4 Å². The van der Waals surface area contributed by atoms with E-state index in [0.717, 1.165) is 18.0 Å². The molecule has 4 rings (SSSR count). The molecule has 1 amide bonds. The van der Waals surface area contributed by atoms with Crippen molar-refractivity contribution in [1.29, 1.82) is 0 Å². The monoisotopic (exact) mass is 459 g/mol. The maximum Gasteiger partial charge on any atom is 0.255 e. The zero-order valence-corrected chi connectivity index (χ0v) is 18.0. The fraction of sp³-hybridized carbons (Fsp3) is 0.0417. The minimum absolute atomic E-state index is 0.0850. The number of aromatic amines is 1. The molecule has 0 aliphatic carbocycles. The van der Waals surface area contributed by atoms with E-state index in [2.05, 4.69) is 30.2 Å². The van der Waals surface area contributed by atoms with Gasteiger partial charge < -0.3 is 16.0 Å². The third-order valence-corrected chi connectivity index (χ3v) is 4.89. The van der Waals surface area contributed by atoms with Gasteiger partial charge in [-0.05, 0) is 37.3 Å². The van der Waals surface area contributed by atoms with Crippen molar-refractivity contribution in [2.75, 3.05) is 5.32 Å². The average molecular weight is 459 g/mol. The van der Waals surface area contributed by atoms with Gasteiger partial charge in [0.15, 0.2) is 11.5 Å². The van der Waals surface area contributed by atoms with Crippen molar-refractivity contribution < 1.29 is 13.6 Å². The Kier molecular flexibility index (Phi) is 6.49.